The summed E-state index contributed by atoms with van der Waals surface area (Å²) in [6.07, 6.45) is 3.49. The van der Waals surface area contributed by atoms with Gasteiger partial charge < -0.3 is 19.7 Å². The zero-order chi connectivity index (χ0) is 18.2. The Morgan fingerprint density at radius 2 is 0.962 bits per heavy atom. The van der Waals surface area contributed by atoms with Crippen molar-refractivity contribution < 1.29 is 19.7 Å². The summed E-state index contributed by atoms with van der Waals surface area (Å²) in [5, 5.41) is 18.1. The second-order valence-electron chi connectivity index (χ2n) is 7.09. The molecule has 0 radical (unpaired) electrons. The van der Waals surface area contributed by atoms with Crippen molar-refractivity contribution in [3.8, 4) is 0 Å². The van der Waals surface area contributed by atoms with Gasteiger partial charge >= 0.3 is 0 Å². The molecule has 2 aliphatic carbocycles. The van der Waals surface area contributed by atoms with E-state index < -0.39 is 0 Å². The summed E-state index contributed by atoms with van der Waals surface area (Å²) in [5.41, 5.74) is 2.40. The summed E-state index contributed by atoms with van der Waals surface area (Å²) >= 11 is 0. The molecule has 140 valence electrons. The Morgan fingerprint density at radius 3 is 1.27 bits per heavy atom. The highest BCUT2D eigenvalue weighted by molar-refractivity contribution is 5.14. The van der Waals surface area contributed by atoms with E-state index in [9.17, 15) is 0 Å². The predicted molar refractivity (Wildman–Crippen MR) is 101 cm³/mol. The van der Waals surface area contributed by atoms with Gasteiger partial charge in [0.2, 0.25) is 0 Å². The molecule has 26 heavy (non-hydrogen) atoms. The Hall–Kier alpha value is -1.72. The van der Waals surface area contributed by atoms with Gasteiger partial charge in [-0.15, -0.1) is 0 Å². The van der Waals surface area contributed by atoms with Gasteiger partial charge in [-0.2, -0.15) is 0 Å². The molecule has 2 aromatic carbocycles. The molecule has 4 rings (SSSR count). The summed E-state index contributed by atoms with van der Waals surface area (Å²) < 4.78 is 11.1. The van der Waals surface area contributed by atoms with Crippen LogP contribution < -0.4 is 0 Å². The second-order valence-corrected chi connectivity index (χ2v) is 7.09. The summed E-state index contributed by atoms with van der Waals surface area (Å²) in [6, 6.07) is 20.2. The number of ether oxygens (including phenoxy) is 2. The lowest BCUT2D eigenvalue weighted by molar-refractivity contribution is -0.0781. The molecule has 2 saturated carbocycles. The Balaban J connectivity index is 0.000000151. The summed E-state index contributed by atoms with van der Waals surface area (Å²) in [4.78, 5) is 0. The molecular weight excluding hydrogens is 328 g/mol. The van der Waals surface area contributed by atoms with Crippen molar-refractivity contribution in [1.82, 2.24) is 0 Å². The van der Waals surface area contributed by atoms with Crippen molar-refractivity contribution in [3.63, 3.8) is 0 Å². The van der Waals surface area contributed by atoms with E-state index in [1.165, 1.54) is 11.1 Å². The lowest BCUT2D eigenvalue weighted by Gasteiger charge is -2.31. The molecule has 0 bridgehead atoms. The fourth-order valence-corrected chi connectivity index (χ4v) is 2.92. The first kappa shape index (κ1) is 19.1. The normalized spacial score (nSPS) is 26.8. The van der Waals surface area contributed by atoms with Crippen LogP contribution in [0.1, 0.15) is 36.8 Å². The minimum absolute atomic E-state index is 0.124. The van der Waals surface area contributed by atoms with Crippen LogP contribution in [-0.2, 0) is 22.7 Å². The molecule has 0 amide bonds. The SMILES string of the molecule is OC1CC(OCc2ccccc2)C1.OC1CC(OCc2ccccc2)C1. The molecular formula is C22H28O4. The van der Waals surface area contributed by atoms with Gasteiger partial charge in [0.25, 0.3) is 0 Å². The van der Waals surface area contributed by atoms with Crippen molar-refractivity contribution in [3.05, 3.63) is 71.8 Å². The van der Waals surface area contributed by atoms with Gasteiger partial charge in [-0.25, -0.2) is 0 Å². The molecule has 0 saturated heterocycles. The first-order valence-electron chi connectivity index (χ1n) is 9.36. The maximum atomic E-state index is 9.04. The third kappa shape index (κ3) is 6.22. The number of hydrogen-bond donors (Lipinski definition) is 2. The third-order valence-corrected chi connectivity index (χ3v) is 4.80. The van der Waals surface area contributed by atoms with Gasteiger partial charge in [-0.1, -0.05) is 60.7 Å². The molecule has 0 aliphatic heterocycles. The monoisotopic (exact) mass is 356 g/mol. The quantitative estimate of drug-likeness (QED) is 0.832. The van der Waals surface area contributed by atoms with E-state index in [0.29, 0.717) is 13.2 Å². The average molecular weight is 356 g/mol. The van der Waals surface area contributed by atoms with Gasteiger partial charge in [-0.05, 0) is 36.8 Å². The summed E-state index contributed by atoms with van der Waals surface area (Å²) in [7, 11) is 0. The standard InChI is InChI=1S/2C11H14O2/c2*12-10-6-11(7-10)13-8-9-4-2-1-3-5-9/h2*1-5,10-12H,6-8H2. The van der Waals surface area contributed by atoms with Crippen LogP contribution in [0.4, 0.5) is 0 Å². The average Bonchev–Trinajstić information content (AvgIpc) is 2.63. The molecule has 4 nitrogen and oxygen atoms in total. The number of aliphatic hydroxyl groups excluding tert-OH is 2. The predicted octanol–water partition coefficient (Wildman–Crippen LogP) is 3.45. The van der Waals surface area contributed by atoms with Crippen LogP contribution in [0.3, 0.4) is 0 Å². The third-order valence-electron chi connectivity index (χ3n) is 4.80. The van der Waals surface area contributed by atoms with Crippen molar-refractivity contribution in [1.29, 1.82) is 0 Å². The molecule has 0 atom stereocenters. The first-order valence-corrected chi connectivity index (χ1v) is 9.36. The number of benzene rings is 2. The number of rotatable bonds is 6. The lowest BCUT2D eigenvalue weighted by Crippen LogP contribution is -2.35. The topological polar surface area (TPSA) is 58.9 Å². The van der Waals surface area contributed by atoms with E-state index in [0.717, 1.165) is 25.7 Å². The molecule has 0 aromatic heterocycles. The summed E-state index contributed by atoms with van der Waals surface area (Å²) in [6.45, 7) is 1.33. The van der Waals surface area contributed by atoms with Crippen LogP contribution in [-0.4, -0.2) is 34.6 Å². The Kier molecular flexibility index (Phi) is 7.21. The van der Waals surface area contributed by atoms with E-state index in [2.05, 4.69) is 24.3 Å². The van der Waals surface area contributed by atoms with Gasteiger partial charge in [0, 0.05) is 0 Å². The van der Waals surface area contributed by atoms with Crippen molar-refractivity contribution in [2.24, 2.45) is 0 Å². The highest BCUT2D eigenvalue weighted by atomic mass is 16.5. The lowest BCUT2D eigenvalue weighted by atomic mass is 9.92. The Labute approximate surface area is 155 Å². The Morgan fingerprint density at radius 1 is 0.615 bits per heavy atom. The van der Waals surface area contributed by atoms with Crippen LogP contribution in [0.25, 0.3) is 0 Å². The summed E-state index contributed by atoms with van der Waals surface area (Å²) in [5.74, 6) is 0. The van der Waals surface area contributed by atoms with E-state index in [4.69, 9.17) is 19.7 Å². The number of aliphatic hydroxyl groups is 2. The van der Waals surface area contributed by atoms with E-state index in [1.807, 2.05) is 36.4 Å². The maximum absolute atomic E-state index is 9.04. The molecule has 2 fully saturated rings. The van der Waals surface area contributed by atoms with Gasteiger partial charge in [-0.3, -0.25) is 0 Å². The minimum atomic E-state index is -0.124. The van der Waals surface area contributed by atoms with Gasteiger partial charge in [0.15, 0.2) is 0 Å². The van der Waals surface area contributed by atoms with Crippen LogP contribution in [0, 0.1) is 0 Å². The molecule has 0 unspecified atom stereocenters. The van der Waals surface area contributed by atoms with Crippen LogP contribution >= 0.6 is 0 Å². The second kappa shape index (κ2) is 9.83. The van der Waals surface area contributed by atoms with Gasteiger partial charge in [0.1, 0.15) is 0 Å². The maximum Gasteiger partial charge on any atom is 0.0720 e. The van der Waals surface area contributed by atoms with Gasteiger partial charge in [0.05, 0.1) is 37.6 Å². The van der Waals surface area contributed by atoms with Crippen LogP contribution in [0.15, 0.2) is 60.7 Å². The zero-order valence-electron chi connectivity index (χ0n) is 15.0. The Bertz CT molecular complexity index is 562. The van der Waals surface area contributed by atoms with Crippen molar-refractivity contribution in [2.75, 3.05) is 0 Å². The zero-order valence-corrected chi connectivity index (χ0v) is 15.0. The fraction of sp³-hybridized carbons (Fsp3) is 0.455. The van der Waals surface area contributed by atoms with E-state index in [-0.39, 0.29) is 24.4 Å². The fourth-order valence-electron chi connectivity index (χ4n) is 2.92. The van der Waals surface area contributed by atoms with E-state index in [1.54, 1.807) is 0 Å². The molecule has 2 aliphatic rings. The molecule has 4 heteroatoms. The smallest absolute Gasteiger partial charge is 0.0720 e. The van der Waals surface area contributed by atoms with Crippen molar-refractivity contribution >= 4 is 0 Å². The van der Waals surface area contributed by atoms with E-state index >= 15 is 0 Å². The molecule has 0 spiro atoms. The van der Waals surface area contributed by atoms with Crippen LogP contribution in [0.2, 0.25) is 0 Å². The first-order chi connectivity index (χ1) is 12.7. The molecule has 0 heterocycles. The molecule has 2 aromatic rings. The van der Waals surface area contributed by atoms with Crippen molar-refractivity contribution in [2.45, 2.75) is 63.3 Å². The molecule has 2 N–H and O–H groups in total. The highest BCUT2D eigenvalue weighted by Gasteiger charge is 2.28. The highest BCUT2D eigenvalue weighted by Crippen LogP contribution is 2.24. The minimum Gasteiger partial charge on any atom is -0.393 e. The van der Waals surface area contributed by atoms with Crippen LogP contribution in [0.5, 0.6) is 0 Å². The largest absolute Gasteiger partial charge is 0.393 e. The number of hydrogen-bond acceptors (Lipinski definition) is 4.